The quantitative estimate of drug-likeness (QED) is 0.586. The van der Waals surface area contributed by atoms with Gasteiger partial charge in [0.15, 0.2) is 11.5 Å². The van der Waals surface area contributed by atoms with Gasteiger partial charge in [0.2, 0.25) is 0 Å². The van der Waals surface area contributed by atoms with Crippen molar-refractivity contribution in [3.8, 4) is 11.5 Å². The summed E-state index contributed by atoms with van der Waals surface area (Å²) in [7, 11) is 1.61. The molecule has 0 aliphatic rings. The Morgan fingerprint density at radius 2 is 2.21 bits per heavy atom. The zero-order valence-electron chi connectivity index (χ0n) is 11.6. The minimum absolute atomic E-state index is 0.0405. The van der Waals surface area contributed by atoms with Gasteiger partial charge in [0, 0.05) is 22.7 Å². The van der Waals surface area contributed by atoms with Gasteiger partial charge < -0.3 is 15.2 Å². The van der Waals surface area contributed by atoms with Crippen LogP contribution in [0, 0.1) is 0 Å². The number of halogens is 1. The van der Waals surface area contributed by atoms with Crippen molar-refractivity contribution in [2.24, 2.45) is 5.73 Å². The molecule has 0 amide bonds. The second kappa shape index (κ2) is 8.08. The smallest absolute Gasteiger partial charge is 0.164 e. The maximum Gasteiger partial charge on any atom is 0.164 e. The number of benzene rings is 1. The summed E-state index contributed by atoms with van der Waals surface area (Å²) in [5.74, 6) is 1.40. The number of rotatable bonds is 8. The minimum atomic E-state index is 0.0405. The standard InChI is InChI=1S/C15H22ClNO2/c1-4-5-6-7-19-15-12(8-11(2)17)9-13(16)10-14(15)18-3/h4,9-11H,1,5-8,17H2,2-3H3. The highest BCUT2D eigenvalue weighted by molar-refractivity contribution is 6.30. The molecule has 0 heterocycles. The van der Waals surface area contributed by atoms with E-state index in [2.05, 4.69) is 6.58 Å². The summed E-state index contributed by atoms with van der Waals surface area (Å²) < 4.78 is 11.2. The molecule has 1 atom stereocenters. The van der Waals surface area contributed by atoms with E-state index in [1.165, 1.54) is 0 Å². The molecule has 0 aliphatic heterocycles. The number of ether oxygens (including phenoxy) is 2. The predicted octanol–water partition coefficient (Wildman–Crippen LogP) is 3.58. The van der Waals surface area contributed by atoms with Crippen molar-refractivity contribution in [2.45, 2.75) is 32.2 Å². The lowest BCUT2D eigenvalue weighted by Gasteiger charge is -2.17. The van der Waals surface area contributed by atoms with Crippen molar-refractivity contribution in [2.75, 3.05) is 13.7 Å². The molecule has 1 rings (SSSR count). The van der Waals surface area contributed by atoms with Crippen LogP contribution in [-0.2, 0) is 6.42 Å². The first-order valence-corrected chi connectivity index (χ1v) is 6.82. The van der Waals surface area contributed by atoms with Crippen molar-refractivity contribution in [1.82, 2.24) is 0 Å². The van der Waals surface area contributed by atoms with E-state index >= 15 is 0 Å². The van der Waals surface area contributed by atoms with E-state index in [0.717, 1.165) is 24.2 Å². The second-order valence-electron chi connectivity index (χ2n) is 4.56. The highest BCUT2D eigenvalue weighted by Crippen LogP contribution is 2.35. The van der Waals surface area contributed by atoms with E-state index in [1.807, 2.05) is 19.1 Å². The van der Waals surface area contributed by atoms with Crippen molar-refractivity contribution < 1.29 is 9.47 Å². The van der Waals surface area contributed by atoms with Crippen LogP contribution in [0.3, 0.4) is 0 Å². The van der Waals surface area contributed by atoms with Crippen LogP contribution in [0.1, 0.15) is 25.3 Å². The fourth-order valence-electron chi connectivity index (χ4n) is 1.84. The molecular weight excluding hydrogens is 262 g/mol. The summed E-state index contributed by atoms with van der Waals surface area (Å²) in [5.41, 5.74) is 6.84. The highest BCUT2D eigenvalue weighted by atomic mass is 35.5. The van der Waals surface area contributed by atoms with Crippen molar-refractivity contribution in [3.05, 3.63) is 35.4 Å². The number of methoxy groups -OCH3 is 1. The number of unbranched alkanes of at least 4 members (excludes halogenated alkanes) is 1. The Labute approximate surface area is 120 Å². The van der Waals surface area contributed by atoms with Crippen LogP contribution in [0.25, 0.3) is 0 Å². The van der Waals surface area contributed by atoms with Crippen molar-refractivity contribution in [3.63, 3.8) is 0 Å². The molecule has 2 N–H and O–H groups in total. The van der Waals surface area contributed by atoms with Gasteiger partial charge in [0.1, 0.15) is 0 Å². The van der Waals surface area contributed by atoms with E-state index in [0.29, 0.717) is 23.8 Å². The van der Waals surface area contributed by atoms with Crippen LogP contribution in [-0.4, -0.2) is 19.8 Å². The van der Waals surface area contributed by atoms with Gasteiger partial charge in [-0.1, -0.05) is 17.7 Å². The van der Waals surface area contributed by atoms with Crippen LogP contribution < -0.4 is 15.2 Å². The fourth-order valence-corrected chi connectivity index (χ4v) is 2.07. The van der Waals surface area contributed by atoms with Gasteiger partial charge in [-0.3, -0.25) is 0 Å². The van der Waals surface area contributed by atoms with Crippen LogP contribution in [0.4, 0.5) is 0 Å². The van der Waals surface area contributed by atoms with Gasteiger partial charge in [0.25, 0.3) is 0 Å². The molecule has 106 valence electrons. The Balaban J connectivity index is 2.92. The zero-order valence-corrected chi connectivity index (χ0v) is 12.4. The average molecular weight is 284 g/mol. The first-order chi connectivity index (χ1) is 9.08. The molecule has 3 nitrogen and oxygen atoms in total. The average Bonchev–Trinajstić information content (AvgIpc) is 2.35. The molecule has 0 bridgehead atoms. The molecular formula is C15H22ClNO2. The Morgan fingerprint density at radius 1 is 1.47 bits per heavy atom. The monoisotopic (exact) mass is 283 g/mol. The van der Waals surface area contributed by atoms with Crippen LogP contribution in [0.2, 0.25) is 5.02 Å². The summed E-state index contributed by atoms with van der Waals surface area (Å²) in [6.07, 6.45) is 4.43. The summed E-state index contributed by atoms with van der Waals surface area (Å²) in [6, 6.07) is 3.68. The number of hydrogen-bond donors (Lipinski definition) is 1. The van der Waals surface area contributed by atoms with Gasteiger partial charge in [0.05, 0.1) is 13.7 Å². The molecule has 0 saturated carbocycles. The van der Waals surface area contributed by atoms with Gasteiger partial charge >= 0.3 is 0 Å². The Hall–Kier alpha value is -1.19. The van der Waals surface area contributed by atoms with Crippen LogP contribution >= 0.6 is 11.6 Å². The molecule has 1 aromatic rings. The fraction of sp³-hybridized carbons (Fsp3) is 0.467. The first kappa shape index (κ1) is 15.9. The molecule has 1 aromatic carbocycles. The summed E-state index contributed by atoms with van der Waals surface area (Å²) >= 11 is 6.08. The number of allylic oxidation sites excluding steroid dienone is 1. The minimum Gasteiger partial charge on any atom is -0.493 e. The molecule has 4 heteroatoms. The summed E-state index contributed by atoms with van der Waals surface area (Å²) in [5, 5.41) is 0.631. The number of hydrogen-bond acceptors (Lipinski definition) is 3. The third-order valence-electron chi connectivity index (χ3n) is 2.66. The summed E-state index contributed by atoms with van der Waals surface area (Å²) in [4.78, 5) is 0. The van der Waals surface area contributed by atoms with E-state index in [-0.39, 0.29) is 6.04 Å². The third kappa shape index (κ3) is 5.13. The topological polar surface area (TPSA) is 44.5 Å². The number of nitrogens with two attached hydrogens (primary N) is 1. The molecule has 0 aliphatic carbocycles. The van der Waals surface area contributed by atoms with Crippen molar-refractivity contribution in [1.29, 1.82) is 0 Å². The lowest BCUT2D eigenvalue weighted by molar-refractivity contribution is 0.287. The molecule has 19 heavy (non-hydrogen) atoms. The van der Waals surface area contributed by atoms with E-state index in [9.17, 15) is 0 Å². The molecule has 0 radical (unpaired) electrons. The van der Waals surface area contributed by atoms with Gasteiger partial charge in [-0.2, -0.15) is 0 Å². The van der Waals surface area contributed by atoms with Crippen LogP contribution in [0.5, 0.6) is 11.5 Å². The summed E-state index contributed by atoms with van der Waals surface area (Å²) in [6.45, 7) is 6.27. The maximum atomic E-state index is 6.08. The third-order valence-corrected chi connectivity index (χ3v) is 2.88. The van der Waals surface area contributed by atoms with E-state index < -0.39 is 0 Å². The Morgan fingerprint density at radius 3 is 2.79 bits per heavy atom. The normalized spacial score (nSPS) is 12.0. The lowest BCUT2D eigenvalue weighted by Crippen LogP contribution is -2.18. The largest absolute Gasteiger partial charge is 0.493 e. The van der Waals surface area contributed by atoms with E-state index in [1.54, 1.807) is 13.2 Å². The van der Waals surface area contributed by atoms with Crippen LogP contribution in [0.15, 0.2) is 24.8 Å². The van der Waals surface area contributed by atoms with E-state index in [4.69, 9.17) is 26.8 Å². The molecule has 0 fully saturated rings. The molecule has 0 saturated heterocycles. The zero-order chi connectivity index (χ0) is 14.3. The maximum absolute atomic E-state index is 6.08. The SMILES string of the molecule is C=CCCCOc1c(CC(C)N)cc(Cl)cc1OC. The van der Waals surface area contributed by atoms with Gasteiger partial charge in [-0.15, -0.1) is 6.58 Å². The second-order valence-corrected chi connectivity index (χ2v) is 4.99. The highest BCUT2D eigenvalue weighted by Gasteiger charge is 2.14. The van der Waals surface area contributed by atoms with Crippen molar-refractivity contribution >= 4 is 11.6 Å². The lowest BCUT2D eigenvalue weighted by atomic mass is 10.1. The molecule has 0 spiro atoms. The Bertz CT molecular complexity index is 419. The molecule has 0 aromatic heterocycles. The Kier molecular flexibility index (Phi) is 6.74. The predicted molar refractivity (Wildman–Crippen MR) is 80.3 cm³/mol. The first-order valence-electron chi connectivity index (χ1n) is 6.44. The van der Waals surface area contributed by atoms with Gasteiger partial charge in [-0.25, -0.2) is 0 Å². The van der Waals surface area contributed by atoms with Gasteiger partial charge in [-0.05, 0) is 32.3 Å². The molecule has 1 unspecified atom stereocenters.